The first-order valence-corrected chi connectivity index (χ1v) is 11.0. The first-order valence-electron chi connectivity index (χ1n) is 10.2. The quantitative estimate of drug-likeness (QED) is 0.450. The summed E-state index contributed by atoms with van der Waals surface area (Å²) < 4.78 is 17.9. The Morgan fingerprint density at radius 2 is 2.13 bits per heavy atom. The molecule has 6 nitrogen and oxygen atoms in total. The van der Waals surface area contributed by atoms with Crippen molar-refractivity contribution in [3.05, 3.63) is 63.5 Å². The number of oxazole rings is 1. The number of rotatable bonds is 8. The van der Waals surface area contributed by atoms with Crippen molar-refractivity contribution in [2.24, 2.45) is 0 Å². The zero-order chi connectivity index (χ0) is 22.0. The minimum absolute atomic E-state index is 0.107. The Bertz CT molecular complexity index is 1110. The second kappa shape index (κ2) is 9.14. The van der Waals surface area contributed by atoms with Crippen molar-refractivity contribution in [1.82, 2.24) is 4.98 Å². The molecule has 7 heteroatoms. The summed E-state index contributed by atoms with van der Waals surface area (Å²) in [6, 6.07) is 11.7. The summed E-state index contributed by atoms with van der Waals surface area (Å²) in [6.45, 7) is 2.39. The molecule has 0 saturated carbocycles. The number of fused-ring (bicyclic) bond motifs is 1. The lowest BCUT2D eigenvalue weighted by Gasteiger charge is -2.10. The zero-order valence-electron chi connectivity index (χ0n) is 17.5. The lowest BCUT2D eigenvalue weighted by molar-refractivity contribution is -0.137. The van der Waals surface area contributed by atoms with Crippen LogP contribution in [0.15, 0.2) is 45.3 Å². The third-order valence-electron chi connectivity index (χ3n) is 5.64. The number of hydrogen-bond acceptors (Lipinski definition) is 5. The Morgan fingerprint density at radius 1 is 1.29 bits per heavy atom. The van der Waals surface area contributed by atoms with Gasteiger partial charge < -0.3 is 19.0 Å². The molecule has 2 aromatic carbocycles. The fourth-order valence-electron chi connectivity index (χ4n) is 4.04. The van der Waals surface area contributed by atoms with Gasteiger partial charge in [0.15, 0.2) is 0 Å². The maximum Gasteiger partial charge on any atom is 0.303 e. The van der Waals surface area contributed by atoms with Gasteiger partial charge >= 0.3 is 5.97 Å². The summed E-state index contributed by atoms with van der Waals surface area (Å²) in [7, 11) is 1.63. The number of carbonyl (C=O) groups is 1. The Kier molecular flexibility index (Phi) is 6.32. The SMILES string of the molecule is COc1ccc(-c2nc(CCOc3ccc4c(c3)CC[C@H]4CC(=O)O)c(C)o2)cc1Br. The summed E-state index contributed by atoms with van der Waals surface area (Å²) in [5.41, 5.74) is 4.06. The zero-order valence-corrected chi connectivity index (χ0v) is 19.1. The molecule has 0 saturated heterocycles. The van der Waals surface area contributed by atoms with Gasteiger partial charge in [-0.05, 0) is 83.1 Å². The van der Waals surface area contributed by atoms with E-state index < -0.39 is 5.97 Å². The van der Waals surface area contributed by atoms with E-state index in [4.69, 9.17) is 19.0 Å². The number of halogens is 1. The number of aliphatic carboxylic acids is 1. The van der Waals surface area contributed by atoms with Crippen LogP contribution in [0.4, 0.5) is 0 Å². The molecule has 1 heterocycles. The van der Waals surface area contributed by atoms with Crippen LogP contribution in [0.3, 0.4) is 0 Å². The lowest BCUT2D eigenvalue weighted by Crippen LogP contribution is -2.04. The molecule has 3 aromatic rings. The number of nitrogens with zero attached hydrogens (tertiary/aromatic N) is 1. The number of carboxylic acids is 1. The highest BCUT2D eigenvalue weighted by Crippen LogP contribution is 2.37. The van der Waals surface area contributed by atoms with Crippen molar-refractivity contribution in [1.29, 1.82) is 0 Å². The Morgan fingerprint density at radius 3 is 2.87 bits per heavy atom. The van der Waals surface area contributed by atoms with Crippen LogP contribution >= 0.6 is 15.9 Å². The lowest BCUT2D eigenvalue weighted by atomic mass is 9.98. The summed E-state index contributed by atoms with van der Waals surface area (Å²) in [4.78, 5) is 15.7. The van der Waals surface area contributed by atoms with Crippen LogP contribution in [0.25, 0.3) is 11.5 Å². The van der Waals surface area contributed by atoms with Crippen molar-refractivity contribution in [2.45, 2.75) is 38.5 Å². The van der Waals surface area contributed by atoms with Gasteiger partial charge in [0.1, 0.15) is 17.3 Å². The minimum atomic E-state index is -0.748. The highest BCUT2D eigenvalue weighted by molar-refractivity contribution is 9.10. The number of aromatic nitrogens is 1. The molecule has 1 atom stereocenters. The monoisotopic (exact) mass is 485 g/mol. The van der Waals surface area contributed by atoms with E-state index in [0.29, 0.717) is 18.9 Å². The molecular weight excluding hydrogens is 462 g/mol. The number of hydrogen-bond donors (Lipinski definition) is 1. The molecule has 0 spiro atoms. The van der Waals surface area contributed by atoms with Gasteiger partial charge in [-0.15, -0.1) is 0 Å². The minimum Gasteiger partial charge on any atom is -0.496 e. The molecular formula is C24H24BrNO5. The Balaban J connectivity index is 1.38. The molecule has 1 aliphatic carbocycles. The second-order valence-electron chi connectivity index (χ2n) is 7.66. The van der Waals surface area contributed by atoms with Crippen molar-refractivity contribution in [3.63, 3.8) is 0 Å². The van der Waals surface area contributed by atoms with E-state index in [1.165, 1.54) is 5.56 Å². The van der Waals surface area contributed by atoms with Crippen LogP contribution in [0.2, 0.25) is 0 Å². The van der Waals surface area contributed by atoms with Crippen molar-refractivity contribution in [3.8, 4) is 23.0 Å². The molecule has 1 aromatic heterocycles. The van der Waals surface area contributed by atoms with E-state index in [2.05, 4.69) is 20.9 Å². The van der Waals surface area contributed by atoms with E-state index in [1.54, 1.807) is 7.11 Å². The highest BCUT2D eigenvalue weighted by Gasteiger charge is 2.25. The van der Waals surface area contributed by atoms with E-state index in [9.17, 15) is 4.79 Å². The van der Waals surface area contributed by atoms with Crippen LogP contribution < -0.4 is 9.47 Å². The van der Waals surface area contributed by atoms with E-state index in [1.807, 2.05) is 43.3 Å². The molecule has 0 amide bonds. The largest absolute Gasteiger partial charge is 0.496 e. The predicted octanol–water partition coefficient (Wildman–Crippen LogP) is 5.55. The molecule has 31 heavy (non-hydrogen) atoms. The molecule has 0 radical (unpaired) electrons. The molecule has 4 rings (SSSR count). The van der Waals surface area contributed by atoms with E-state index >= 15 is 0 Å². The standard InChI is InChI=1S/C24H24BrNO5/c1-14-21(26-24(31-14)17-5-8-22(29-2)20(25)12-17)9-10-30-18-6-7-19-15(11-18)3-4-16(19)13-23(27)28/h5-8,11-12,16H,3-4,9-10,13H2,1-2H3,(H,27,28)/t16-/m0/s1. The van der Waals surface area contributed by atoms with Gasteiger partial charge in [-0.2, -0.15) is 0 Å². The summed E-state index contributed by atoms with van der Waals surface area (Å²) in [5.74, 6) is 2.26. The Labute approximate surface area is 189 Å². The molecule has 0 bridgehead atoms. The summed E-state index contributed by atoms with van der Waals surface area (Å²) in [6.07, 6.45) is 2.60. The van der Waals surface area contributed by atoms with Crippen LogP contribution in [-0.2, 0) is 17.6 Å². The van der Waals surface area contributed by atoms with Crippen molar-refractivity contribution in [2.75, 3.05) is 13.7 Å². The average Bonchev–Trinajstić information content (AvgIpc) is 3.31. The van der Waals surface area contributed by atoms with E-state index in [-0.39, 0.29) is 12.3 Å². The normalized spacial score (nSPS) is 15.0. The van der Waals surface area contributed by atoms with Gasteiger partial charge in [-0.1, -0.05) is 6.07 Å². The number of ether oxygens (including phenoxy) is 2. The molecule has 0 fully saturated rings. The molecule has 1 N–H and O–H groups in total. The highest BCUT2D eigenvalue weighted by atomic mass is 79.9. The topological polar surface area (TPSA) is 81.8 Å². The van der Waals surface area contributed by atoms with Gasteiger partial charge in [0.25, 0.3) is 0 Å². The molecule has 0 unspecified atom stereocenters. The fourth-order valence-corrected chi connectivity index (χ4v) is 4.58. The maximum atomic E-state index is 11.0. The summed E-state index contributed by atoms with van der Waals surface area (Å²) in [5, 5.41) is 9.07. The number of aryl methyl sites for hydroxylation is 2. The third-order valence-corrected chi connectivity index (χ3v) is 6.26. The first-order chi connectivity index (χ1) is 14.9. The average molecular weight is 486 g/mol. The fraction of sp³-hybridized carbons (Fsp3) is 0.333. The van der Waals surface area contributed by atoms with Crippen molar-refractivity contribution < 1.29 is 23.8 Å². The number of carboxylic acid groups (broad SMARTS) is 1. The van der Waals surface area contributed by atoms with Gasteiger partial charge in [0, 0.05) is 12.0 Å². The van der Waals surface area contributed by atoms with Crippen LogP contribution in [0.5, 0.6) is 11.5 Å². The van der Waals surface area contributed by atoms with Gasteiger partial charge in [-0.3, -0.25) is 4.79 Å². The second-order valence-corrected chi connectivity index (χ2v) is 8.52. The molecule has 0 aliphatic heterocycles. The van der Waals surface area contributed by atoms with Crippen LogP contribution in [0.1, 0.15) is 41.3 Å². The smallest absolute Gasteiger partial charge is 0.303 e. The molecule has 1 aliphatic rings. The summed E-state index contributed by atoms with van der Waals surface area (Å²) >= 11 is 3.49. The van der Waals surface area contributed by atoms with Crippen LogP contribution in [0, 0.1) is 6.92 Å². The van der Waals surface area contributed by atoms with Crippen LogP contribution in [-0.4, -0.2) is 29.8 Å². The van der Waals surface area contributed by atoms with Gasteiger partial charge in [0.2, 0.25) is 5.89 Å². The number of benzene rings is 2. The maximum absolute atomic E-state index is 11.0. The predicted molar refractivity (Wildman–Crippen MR) is 120 cm³/mol. The molecule has 162 valence electrons. The van der Waals surface area contributed by atoms with Crippen molar-refractivity contribution >= 4 is 21.9 Å². The number of methoxy groups -OCH3 is 1. The first kappa shape index (κ1) is 21.4. The van der Waals surface area contributed by atoms with Gasteiger partial charge in [0.05, 0.1) is 30.3 Å². The third kappa shape index (κ3) is 4.77. The van der Waals surface area contributed by atoms with Gasteiger partial charge in [-0.25, -0.2) is 4.98 Å². The Hall–Kier alpha value is -2.80. The van der Waals surface area contributed by atoms with E-state index in [0.717, 1.165) is 51.4 Å².